The molecule has 1 saturated heterocycles. The zero-order valence-corrected chi connectivity index (χ0v) is 9.40. The van der Waals surface area contributed by atoms with Gasteiger partial charge in [-0.05, 0) is 0 Å². The summed E-state index contributed by atoms with van der Waals surface area (Å²) in [6.07, 6.45) is -9.00. The van der Waals surface area contributed by atoms with Crippen LogP contribution in [0.5, 0.6) is 0 Å². The van der Waals surface area contributed by atoms with Crippen LogP contribution in [0.15, 0.2) is 0 Å². The largest absolute Gasteiger partial charge is 1.00 e. The Morgan fingerprint density at radius 3 is 2.00 bits per heavy atom. The molecule has 76 valence electrons. The Morgan fingerprint density at radius 2 is 1.57 bits per heavy atom. The fourth-order valence-corrected chi connectivity index (χ4v) is 1.06. The molecule has 0 aromatic carbocycles. The van der Waals surface area contributed by atoms with E-state index in [-0.39, 0.29) is 29.6 Å². The number of carboxylic acids is 1. The Kier molecular flexibility index (Phi) is 5.48. The van der Waals surface area contributed by atoms with Crippen LogP contribution in [0.25, 0.3) is 0 Å². The fraction of sp³-hybridized carbons (Fsp3) is 0.833. The quantitative estimate of drug-likeness (QED) is 0.320. The maximum absolute atomic E-state index is 10.3. The van der Waals surface area contributed by atoms with Crippen molar-refractivity contribution >= 4 is 5.97 Å². The summed E-state index contributed by atoms with van der Waals surface area (Å²) in [4.78, 5) is 10.3. The Morgan fingerprint density at radius 1 is 1.07 bits per heavy atom. The van der Waals surface area contributed by atoms with E-state index in [1.54, 1.807) is 0 Å². The van der Waals surface area contributed by atoms with Crippen molar-refractivity contribution in [3.8, 4) is 0 Å². The van der Waals surface area contributed by atoms with E-state index in [1.165, 1.54) is 0 Å². The van der Waals surface area contributed by atoms with Crippen LogP contribution in [0.4, 0.5) is 0 Å². The summed E-state index contributed by atoms with van der Waals surface area (Å²) < 4.78 is 4.28. The first-order chi connectivity index (χ1) is 5.95. The van der Waals surface area contributed by atoms with Gasteiger partial charge in [0.25, 0.3) is 0 Å². The van der Waals surface area contributed by atoms with Crippen LogP contribution < -0.4 is 34.7 Å². The van der Waals surface area contributed by atoms with E-state index in [9.17, 15) is 9.90 Å². The molecule has 1 aliphatic heterocycles. The molecule has 0 bridgehead atoms. The van der Waals surface area contributed by atoms with Crippen LogP contribution in [-0.2, 0) is 9.53 Å². The smallest absolute Gasteiger partial charge is 0.547 e. The number of rotatable bonds is 1. The molecule has 7 nitrogen and oxygen atoms in total. The molecule has 1 fully saturated rings. The molecule has 0 aromatic heterocycles. The number of carbonyl (C=O) groups excluding carboxylic acids is 1. The predicted molar refractivity (Wildman–Crippen MR) is 33.9 cm³/mol. The third-order valence-corrected chi connectivity index (χ3v) is 1.82. The third kappa shape index (κ3) is 2.65. The van der Waals surface area contributed by atoms with Gasteiger partial charge in [0.15, 0.2) is 6.29 Å². The van der Waals surface area contributed by atoms with E-state index in [1.807, 2.05) is 0 Å². The summed E-state index contributed by atoms with van der Waals surface area (Å²) in [6.45, 7) is 0. The Bertz CT molecular complexity index is 210. The molecule has 0 radical (unpaired) electrons. The zero-order valence-electron chi connectivity index (χ0n) is 7.40. The van der Waals surface area contributed by atoms with E-state index >= 15 is 0 Å². The number of aliphatic hydroxyl groups is 4. The zero-order chi connectivity index (χ0) is 10.2. The molecule has 0 aliphatic carbocycles. The van der Waals surface area contributed by atoms with Gasteiger partial charge in [-0.2, -0.15) is 0 Å². The molecule has 14 heavy (non-hydrogen) atoms. The van der Waals surface area contributed by atoms with E-state index in [2.05, 4.69) is 4.74 Å². The molecule has 8 heteroatoms. The number of hydrogen-bond acceptors (Lipinski definition) is 7. The average Bonchev–Trinajstić information content (AvgIpc) is 2.07. The van der Waals surface area contributed by atoms with Gasteiger partial charge in [0.1, 0.15) is 24.4 Å². The second kappa shape index (κ2) is 5.38. The number of carboxylic acid groups (broad SMARTS) is 1. The molecule has 5 atom stereocenters. The molecular weight excluding hydrogens is 207 g/mol. The van der Waals surface area contributed by atoms with Gasteiger partial charge in [0.05, 0.1) is 5.97 Å². The minimum Gasteiger partial charge on any atom is -0.547 e. The summed E-state index contributed by atoms with van der Waals surface area (Å²) in [5.74, 6) is -1.77. The Labute approximate surface area is 101 Å². The van der Waals surface area contributed by atoms with Crippen LogP contribution in [0.2, 0.25) is 0 Å². The van der Waals surface area contributed by atoms with Gasteiger partial charge in [-0.15, -0.1) is 0 Å². The second-order valence-electron chi connectivity index (χ2n) is 2.74. The minimum atomic E-state index is -1.85. The van der Waals surface area contributed by atoms with Crippen molar-refractivity contribution < 1.29 is 64.6 Å². The molecule has 0 saturated carbocycles. The van der Waals surface area contributed by atoms with Crippen molar-refractivity contribution in [1.82, 2.24) is 0 Å². The van der Waals surface area contributed by atoms with Gasteiger partial charge >= 0.3 is 29.6 Å². The van der Waals surface area contributed by atoms with Crippen molar-refractivity contribution in [2.75, 3.05) is 0 Å². The maximum atomic E-state index is 10.3. The topological polar surface area (TPSA) is 130 Å². The Hall–Kier alpha value is 0.270. The summed E-state index contributed by atoms with van der Waals surface area (Å²) in [6, 6.07) is 0. The first-order valence-electron chi connectivity index (χ1n) is 3.53. The fourth-order valence-electron chi connectivity index (χ4n) is 1.06. The summed E-state index contributed by atoms with van der Waals surface area (Å²) in [5, 5.41) is 46.1. The first kappa shape index (κ1) is 14.3. The van der Waals surface area contributed by atoms with Crippen LogP contribution in [-0.4, -0.2) is 57.1 Å². The number of aliphatic hydroxyl groups excluding tert-OH is 4. The minimum absolute atomic E-state index is 0. The summed E-state index contributed by atoms with van der Waals surface area (Å²) >= 11 is 0. The van der Waals surface area contributed by atoms with Gasteiger partial charge < -0.3 is 35.1 Å². The van der Waals surface area contributed by atoms with Crippen LogP contribution in [0, 0.1) is 0 Å². The van der Waals surface area contributed by atoms with Gasteiger partial charge in [0, 0.05) is 0 Å². The maximum Gasteiger partial charge on any atom is 1.00 e. The predicted octanol–water partition coefficient (Wildman–Crippen LogP) is -7.46. The molecule has 0 aromatic rings. The van der Waals surface area contributed by atoms with Crippen LogP contribution in [0.1, 0.15) is 0 Å². The van der Waals surface area contributed by atoms with E-state index in [4.69, 9.17) is 20.4 Å². The number of carbonyl (C=O) groups is 1. The van der Waals surface area contributed by atoms with Crippen LogP contribution in [0.3, 0.4) is 0 Å². The van der Waals surface area contributed by atoms with Gasteiger partial charge in [-0.3, -0.25) is 0 Å². The number of aliphatic carboxylic acids is 1. The van der Waals surface area contributed by atoms with E-state index < -0.39 is 36.7 Å². The normalized spacial score (nSPS) is 42.7. The van der Waals surface area contributed by atoms with E-state index in [0.717, 1.165) is 0 Å². The van der Waals surface area contributed by atoms with Gasteiger partial charge in [0.2, 0.25) is 0 Å². The molecule has 1 heterocycles. The molecule has 4 N–H and O–H groups in total. The Balaban J connectivity index is 0.00000169. The molecule has 1 aliphatic rings. The van der Waals surface area contributed by atoms with Crippen molar-refractivity contribution in [3.05, 3.63) is 0 Å². The van der Waals surface area contributed by atoms with Crippen molar-refractivity contribution in [2.45, 2.75) is 30.7 Å². The van der Waals surface area contributed by atoms with Gasteiger partial charge in [-0.25, -0.2) is 0 Å². The molecule has 0 spiro atoms. The molecular formula is C6H9NaO7. The van der Waals surface area contributed by atoms with E-state index in [0.29, 0.717) is 0 Å². The first-order valence-corrected chi connectivity index (χ1v) is 3.53. The molecule has 1 rings (SSSR count). The van der Waals surface area contributed by atoms with Crippen molar-refractivity contribution in [2.24, 2.45) is 0 Å². The van der Waals surface area contributed by atoms with Gasteiger partial charge in [-0.1, -0.05) is 0 Å². The van der Waals surface area contributed by atoms with Crippen LogP contribution >= 0.6 is 0 Å². The number of hydrogen-bond donors (Lipinski definition) is 4. The standard InChI is InChI=1S/C6H10O7.Na/c7-1-2(8)4(5(10)11)13-6(12)3(1)9;/h1-4,6-9,12H,(H,10,11);/q;+1/p-1. The summed E-state index contributed by atoms with van der Waals surface area (Å²) in [7, 11) is 0. The third-order valence-electron chi connectivity index (χ3n) is 1.82. The second-order valence-corrected chi connectivity index (χ2v) is 2.74. The monoisotopic (exact) mass is 216 g/mol. The SMILES string of the molecule is O=C([O-])C1OC(O)C(O)C(O)C1O.[Na+]. The van der Waals surface area contributed by atoms with Crippen molar-refractivity contribution in [1.29, 1.82) is 0 Å². The molecule has 0 amide bonds. The average molecular weight is 216 g/mol. The number of ether oxygens (including phenoxy) is 1. The molecule has 5 unspecified atom stereocenters. The summed E-state index contributed by atoms with van der Waals surface area (Å²) in [5.41, 5.74) is 0. The van der Waals surface area contributed by atoms with Crippen molar-refractivity contribution in [3.63, 3.8) is 0 Å².